The van der Waals surface area contributed by atoms with Gasteiger partial charge in [-0.2, -0.15) is 0 Å². The van der Waals surface area contributed by atoms with Crippen molar-refractivity contribution in [2.75, 3.05) is 33.7 Å². The molecule has 0 unspecified atom stereocenters. The number of nitrogens with zero attached hydrogens (tertiary/aromatic N) is 1. The topological polar surface area (TPSA) is 70.7 Å². The lowest BCUT2D eigenvalue weighted by atomic mass is 10.2. The second kappa shape index (κ2) is 7.11. The van der Waals surface area contributed by atoms with Crippen LogP contribution in [-0.2, 0) is 9.53 Å². The standard InChI is InChI=1S/C11H23N3O3/c1-11(2,3)17-10(16)13-8-9(15)12-6-7-14(4)5/h6-8H2,1-5H3,(H,12,15)(H,13,16). The number of rotatable bonds is 5. The Morgan fingerprint density at radius 1 is 1.18 bits per heavy atom. The Labute approximate surface area is 103 Å². The zero-order chi connectivity index (χ0) is 13.5. The third kappa shape index (κ3) is 11.0. The fourth-order valence-electron chi connectivity index (χ4n) is 0.948. The molecule has 6 heteroatoms. The third-order valence-corrected chi connectivity index (χ3v) is 1.67. The van der Waals surface area contributed by atoms with Gasteiger partial charge < -0.3 is 20.3 Å². The predicted octanol–water partition coefficient (Wildman–Crippen LogP) is 0.189. The van der Waals surface area contributed by atoms with Crippen molar-refractivity contribution in [3.8, 4) is 0 Å². The molecule has 0 heterocycles. The van der Waals surface area contributed by atoms with Gasteiger partial charge in [0.25, 0.3) is 0 Å². The van der Waals surface area contributed by atoms with Crippen LogP contribution in [0.4, 0.5) is 4.79 Å². The van der Waals surface area contributed by atoms with Gasteiger partial charge in [-0.1, -0.05) is 0 Å². The molecule has 0 aliphatic heterocycles. The Hall–Kier alpha value is -1.30. The fourth-order valence-corrected chi connectivity index (χ4v) is 0.948. The number of amides is 2. The van der Waals surface area contributed by atoms with Gasteiger partial charge in [0.1, 0.15) is 5.60 Å². The molecule has 2 N–H and O–H groups in total. The van der Waals surface area contributed by atoms with E-state index < -0.39 is 11.7 Å². The van der Waals surface area contributed by atoms with Crippen molar-refractivity contribution in [2.45, 2.75) is 26.4 Å². The Kier molecular flexibility index (Phi) is 6.57. The molecule has 0 bridgehead atoms. The summed E-state index contributed by atoms with van der Waals surface area (Å²) in [6, 6.07) is 0. The normalized spacial score (nSPS) is 11.2. The van der Waals surface area contributed by atoms with Crippen LogP contribution in [-0.4, -0.2) is 56.2 Å². The van der Waals surface area contributed by atoms with Gasteiger partial charge in [-0.3, -0.25) is 4.79 Å². The van der Waals surface area contributed by atoms with E-state index in [1.54, 1.807) is 20.8 Å². The summed E-state index contributed by atoms with van der Waals surface area (Å²) in [5.74, 6) is -0.224. The minimum Gasteiger partial charge on any atom is -0.444 e. The van der Waals surface area contributed by atoms with E-state index in [4.69, 9.17) is 4.74 Å². The number of hydrogen-bond donors (Lipinski definition) is 2. The molecular formula is C11H23N3O3. The Morgan fingerprint density at radius 2 is 1.76 bits per heavy atom. The van der Waals surface area contributed by atoms with Gasteiger partial charge in [0.15, 0.2) is 0 Å². The van der Waals surface area contributed by atoms with Crippen LogP contribution < -0.4 is 10.6 Å². The minimum atomic E-state index is -0.583. The second-order valence-electron chi connectivity index (χ2n) is 5.01. The first-order valence-corrected chi connectivity index (χ1v) is 5.59. The fraction of sp³-hybridized carbons (Fsp3) is 0.818. The molecule has 0 spiro atoms. The largest absolute Gasteiger partial charge is 0.444 e. The van der Waals surface area contributed by atoms with Gasteiger partial charge in [-0.15, -0.1) is 0 Å². The highest BCUT2D eigenvalue weighted by molar-refractivity contribution is 5.82. The molecule has 0 aliphatic carbocycles. The van der Waals surface area contributed by atoms with E-state index in [1.807, 2.05) is 19.0 Å². The van der Waals surface area contributed by atoms with E-state index in [0.717, 1.165) is 6.54 Å². The molecule has 2 amide bonds. The number of nitrogens with one attached hydrogen (secondary N) is 2. The molecule has 0 rings (SSSR count). The number of carbonyl (C=O) groups excluding carboxylic acids is 2. The van der Waals surface area contributed by atoms with Gasteiger partial charge in [0.2, 0.25) is 5.91 Å². The van der Waals surface area contributed by atoms with Crippen LogP contribution in [0.1, 0.15) is 20.8 Å². The van der Waals surface area contributed by atoms with Crippen molar-refractivity contribution in [2.24, 2.45) is 0 Å². The SMILES string of the molecule is CN(C)CCNC(=O)CNC(=O)OC(C)(C)C. The molecule has 0 saturated heterocycles. The second-order valence-corrected chi connectivity index (χ2v) is 5.01. The number of alkyl carbamates (subject to hydrolysis) is 1. The van der Waals surface area contributed by atoms with E-state index in [1.165, 1.54) is 0 Å². The predicted molar refractivity (Wildman–Crippen MR) is 65.8 cm³/mol. The Balaban J connectivity index is 3.67. The van der Waals surface area contributed by atoms with Crippen LogP contribution in [0, 0.1) is 0 Å². The van der Waals surface area contributed by atoms with Gasteiger partial charge in [0.05, 0.1) is 6.54 Å². The van der Waals surface area contributed by atoms with Gasteiger partial charge in [-0.05, 0) is 34.9 Å². The van der Waals surface area contributed by atoms with E-state index >= 15 is 0 Å². The van der Waals surface area contributed by atoms with Crippen molar-refractivity contribution in [3.05, 3.63) is 0 Å². The average Bonchev–Trinajstić information content (AvgIpc) is 2.11. The molecule has 100 valence electrons. The molecule has 0 atom stereocenters. The summed E-state index contributed by atoms with van der Waals surface area (Å²) in [6.45, 7) is 6.56. The summed E-state index contributed by atoms with van der Waals surface area (Å²) in [6.07, 6.45) is -0.583. The summed E-state index contributed by atoms with van der Waals surface area (Å²) in [5, 5.41) is 5.07. The number of likely N-dealkylation sites (N-methyl/N-ethyl adjacent to an activating group) is 1. The summed E-state index contributed by atoms with van der Waals surface area (Å²) in [4.78, 5) is 24.5. The maximum Gasteiger partial charge on any atom is 0.408 e. The number of carbonyl (C=O) groups is 2. The first kappa shape index (κ1) is 15.7. The van der Waals surface area contributed by atoms with Crippen LogP contribution in [0.5, 0.6) is 0 Å². The number of hydrogen-bond acceptors (Lipinski definition) is 4. The van der Waals surface area contributed by atoms with E-state index in [0.29, 0.717) is 6.54 Å². The molecule has 6 nitrogen and oxygen atoms in total. The summed E-state index contributed by atoms with van der Waals surface area (Å²) >= 11 is 0. The van der Waals surface area contributed by atoms with Crippen LogP contribution >= 0.6 is 0 Å². The highest BCUT2D eigenvalue weighted by Gasteiger charge is 2.16. The quantitative estimate of drug-likeness (QED) is 0.725. The van der Waals surface area contributed by atoms with Gasteiger partial charge >= 0.3 is 6.09 Å². The molecule has 0 aromatic rings. The van der Waals surface area contributed by atoms with Crippen molar-refractivity contribution in [3.63, 3.8) is 0 Å². The van der Waals surface area contributed by atoms with Crippen LogP contribution in [0.3, 0.4) is 0 Å². The zero-order valence-electron chi connectivity index (χ0n) is 11.3. The smallest absolute Gasteiger partial charge is 0.408 e. The molecule has 0 saturated carbocycles. The van der Waals surface area contributed by atoms with Crippen molar-refractivity contribution in [1.29, 1.82) is 0 Å². The third-order valence-electron chi connectivity index (χ3n) is 1.67. The molecule has 0 aromatic heterocycles. The van der Waals surface area contributed by atoms with E-state index in [2.05, 4.69) is 10.6 Å². The van der Waals surface area contributed by atoms with Gasteiger partial charge in [0, 0.05) is 13.1 Å². The van der Waals surface area contributed by atoms with Crippen molar-refractivity contribution >= 4 is 12.0 Å². The monoisotopic (exact) mass is 245 g/mol. The highest BCUT2D eigenvalue weighted by Crippen LogP contribution is 2.05. The van der Waals surface area contributed by atoms with Crippen molar-refractivity contribution < 1.29 is 14.3 Å². The molecule has 0 aromatic carbocycles. The maximum absolute atomic E-state index is 11.3. The first-order valence-electron chi connectivity index (χ1n) is 5.59. The zero-order valence-corrected chi connectivity index (χ0v) is 11.3. The summed E-state index contributed by atoms with van der Waals surface area (Å²) in [7, 11) is 3.84. The molecule has 0 radical (unpaired) electrons. The number of ether oxygens (including phenoxy) is 1. The highest BCUT2D eigenvalue weighted by atomic mass is 16.6. The lowest BCUT2D eigenvalue weighted by Gasteiger charge is -2.19. The minimum absolute atomic E-state index is 0.0671. The average molecular weight is 245 g/mol. The maximum atomic E-state index is 11.3. The summed E-state index contributed by atoms with van der Waals surface area (Å²) < 4.78 is 4.99. The van der Waals surface area contributed by atoms with E-state index in [-0.39, 0.29) is 12.5 Å². The van der Waals surface area contributed by atoms with Gasteiger partial charge in [-0.25, -0.2) is 4.79 Å². The lowest BCUT2D eigenvalue weighted by molar-refractivity contribution is -0.120. The first-order chi connectivity index (χ1) is 7.70. The molecular weight excluding hydrogens is 222 g/mol. The Bertz CT molecular complexity index is 259. The molecule has 0 aliphatic rings. The van der Waals surface area contributed by atoms with Crippen LogP contribution in [0.15, 0.2) is 0 Å². The summed E-state index contributed by atoms with van der Waals surface area (Å²) in [5.41, 5.74) is -0.550. The van der Waals surface area contributed by atoms with Crippen molar-refractivity contribution in [1.82, 2.24) is 15.5 Å². The molecule has 17 heavy (non-hydrogen) atoms. The Morgan fingerprint density at radius 3 is 2.24 bits per heavy atom. The van der Waals surface area contributed by atoms with Crippen LogP contribution in [0.25, 0.3) is 0 Å². The van der Waals surface area contributed by atoms with Crippen LogP contribution in [0.2, 0.25) is 0 Å². The van der Waals surface area contributed by atoms with E-state index in [9.17, 15) is 9.59 Å². The molecule has 0 fully saturated rings. The lowest BCUT2D eigenvalue weighted by Crippen LogP contribution is -2.41.